The average molecular weight is 1710 g/mol. The van der Waals surface area contributed by atoms with Gasteiger partial charge in [0.15, 0.2) is 23.3 Å². The van der Waals surface area contributed by atoms with Gasteiger partial charge in [0.25, 0.3) is 0 Å². The van der Waals surface area contributed by atoms with Gasteiger partial charge in [0.2, 0.25) is 0 Å². The lowest BCUT2D eigenvalue weighted by molar-refractivity contribution is 1.08. The molecule has 27 rings (SSSR count). The molecule has 0 fully saturated rings. The van der Waals surface area contributed by atoms with Crippen LogP contribution in [-0.2, 0) is 0 Å². The van der Waals surface area contributed by atoms with Gasteiger partial charge in [-0.05, 0) is 170 Å². The third-order valence-corrected chi connectivity index (χ3v) is 26.0. The maximum Gasteiger partial charge on any atom is 0.164 e. The first-order valence-corrected chi connectivity index (χ1v) is 45.1. The van der Waals surface area contributed by atoms with E-state index < -0.39 is 0 Å². The predicted molar refractivity (Wildman–Crippen MR) is 552 cm³/mol. The molecule has 12 heteroatoms. The number of benzene rings is 19. The number of fused-ring (bicyclic) bond motifs is 18. The summed E-state index contributed by atoms with van der Waals surface area (Å²) in [7, 11) is 0. The molecule has 0 radical (unpaired) electrons. The van der Waals surface area contributed by atoms with Crippen LogP contribution in [0.5, 0.6) is 0 Å². The van der Waals surface area contributed by atoms with Crippen LogP contribution in [-0.4, -0.2) is 52.3 Å². The average Bonchev–Trinajstić information content (AvgIpc) is 1.57. The van der Waals surface area contributed by atoms with Crippen LogP contribution in [0.2, 0.25) is 0 Å². The van der Waals surface area contributed by atoms with Gasteiger partial charge in [-0.3, -0.25) is 0 Å². The Hall–Kier alpha value is -18.4. The zero-order valence-electron chi connectivity index (χ0n) is 72.4. The Morgan fingerprint density at radius 3 is 0.821 bits per heavy atom. The van der Waals surface area contributed by atoms with Crippen LogP contribution in [0.25, 0.3) is 233 Å². The zero-order chi connectivity index (χ0) is 88.7. The van der Waals surface area contributed by atoms with Crippen molar-refractivity contribution in [2.75, 3.05) is 0 Å². The third-order valence-electron chi connectivity index (χ3n) is 26.0. The largest absolute Gasteiger partial charge is 0.309 e. The van der Waals surface area contributed by atoms with Crippen molar-refractivity contribution in [1.82, 2.24) is 52.3 Å². The fourth-order valence-electron chi connectivity index (χ4n) is 20.1. The number of rotatable bonds is 12. The number of hydrogen-bond acceptors (Lipinski definition) is 6. The molecule has 0 aliphatic heterocycles. The van der Waals surface area contributed by atoms with E-state index in [0.29, 0.717) is 28.9 Å². The normalized spacial score (nSPS) is 11.6. The van der Waals surface area contributed by atoms with Crippen LogP contribution in [0, 0.1) is 11.3 Å². The number of para-hydroxylation sites is 9. The Bertz CT molecular complexity index is 9190. The molecule has 0 saturated carbocycles. The molecule has 0 atom stereocenters. The molecule has 8 aromatic heterocycles. The first-order valence-electron chi connectivity index (χ1n) is 45.1. The van der Waals surface area contributed by atoms with Gasteiger partial charge in [0.1, 0.15) is 0 Å². The molecule has 0 aliphatic rings. The molecule has 0 N–H and O–H groups in total. The van der Waals surface area contributed by atoms with Gasteiger partial charge in [-0.2, -0.15) is 5.26 Å². The van der Waals surface area contributed by atoms with Gasteiger partial charge >= 0.3 is 0 Å². The molecule has 134 heavy (non-hydrogen) atoms. The molecule has 0 spiro atoms. The van der Waals surface area contributed by atoms with Gasteiger partial charge in [0.05, 0.1) is 89.2 Å². The smallest absolute Gasteiger partial charge is 0.164 e. The molecule has 0 bridgehead atoms. The van der Waals surface area contributed by atoms with E-state index in [9.17, 15) is 5.26 Å². The summed E-state index contributed by atoms with van der Waals surface area (Å²) in [6.45, 7) is 0. The van der Waals surface area contributed by atoms with Crippen molar-refractivity contribution in [2.24, 2.45) is 0 Å². The van der Waals surface area contributed by atoms with Crippen LogP contribution < -0.4 is 0 Å². The minimum atomic E-state index is 0.646. The Balaban J connectivity index is 0.000000110. The Morgan fingerprint density at radius 1 is 0.164 bits per heavy atom. The van der Waals surface area contributed by atoms with Crippen LogP contribution in [0.4, 0.5) is 0 Å². The topological polar surface area (TPSA) is 118 Å². The van der Waals surface area contributed by atoms with Gasteiger partial charge in [0, 0.05) is 132 Å². The van der Waals surface area contributed by atoms with Gasteiger partial charge in [-0.25, -0.2) is 24.9 Å². The molecular weight excluding hydrogens is 1630 g/mol. The summed E-state index contributed by atoms with van der Waals surface area (Å²) < 4.78 is 14.1. The summed E-state index contributed by atoms with van der Waals surface area (Å²) in [6.07, 6.45) is 0. The molecule has 27 aromatic rings. The van der Waals surface area contributed by atoms with E-state index in [1.165, 1.54) is 81.7 Å². The second kappa shape index (κ2) is 32.7. The minimum Gasteiger partial charge on any atom is -0.309 e. The van der Waals surface area contributed by atoms with Crippen LogP contribution in [0.15, 0.2) is 473 Å². The minimum absolute atomic E-state index is 0.646. The monoisotopic (exact) mass is 1710 g/mol. The van der Waals surface area contributed by atoms with E-state index >= 15 is 0 Å². The highest BCUT2D eigenvalue weighted by Gasteiger charge is 2.25. The summed E-state index contributed by atoms with van der Waals surface area (Å²) in [5.41, 5.74) is 29.2. The van der Waals surface area contributed by atoms with E-state index in [1.54, 1.807) is 0 Å². The first-order chi connectivity index (χ1) is 66.4. The van der Waals surface area contributed by atoms with E-state index in [0.717, 1.165) is 128 Å². The summed E-state index contributed by atoms with van der Waals surface area (Å²) in [6, 6.07) is 168. The molecule has 12 nitrogen and oxygen atoms in total. The van der Waals surface area contributed by atoms with E-state index in [2.05, 4.69) is 410 Å². The maximum atomic E-state index is 9.45. The van der Waals surface area contributed by atoms with Crippen molar-refractivity contribution < 1.29 is 0 Å². The molecular formula is C122H78N12. The SMILES string of the molecule is N#Cc1ccc2c(c1)c1ccccc1n2-c1ccc2c(c1)c1ccccc1n2-c1ccccc1.c1ccc(-c2cc(-c3ccc4c(c3)c3ccccc3n4-c3ccc4c(c3)c3ccccc3n4-c3ccccc3)nc(-c3ccccc3)n2)cc1.c1ccc(-c2nc(-c3ccccc3)nc(-c3cccc4c3c3ccccc3n4-c3ccc4c(c3)c3ccccc3n4-c3ccccc3)n2)cc1. The highest BCUT2D eigenvalue weighted by atomic mass is 15.1. The summed E-state index contributed by atoms with van der Waals surface area (Å²) in [4.78, 5) is 25.3. The first kappa shape index (κ1) is 77.9. The van der Waals surface area contributed by atoms with Gasteiger partial charge < -0.3 is 27.4 Å². The number of aromatic nitrogens is 11. The number of nitrogens with zero attached hydrogens (tertiary/aromatic N) is 12. The van der Waals surface area contributed by atoms with Crippen LogP contribution in [0.3, 0.4) is 0 Å². The van der Waals surface area contributed by atoms with E-state index in [4.69, 9.17) is 24.9 Å². The highest BCUT2D eigenvalue weighted by molar-refractivity contribution is 6.18. The van der Waals surface area contributed by atoms with Crippen LogP contribution in [0.1, 0.15) is 5.56 Å². The molecule has 19 aromatic carbocycles. The molecule has 0 saturated heterocycles. The van der Waals surface area contributed by atoms with Crippen molar-refractivity contribution in [1.29, 1.82) is 5.26 Å². The van der Waals surface area contributed by atoms with Crippen LogP contribution >= 0.6 is 0 Å². The Morgan fingerprint density at radius 2 is 0.433 bits per heavy atom. The lowest BCUT2D eigenvalue weighted by Gasteiger charge is -2.11. The molecule has 0 amide bonds. The third kappa shape index (κ3) is 13.3. The fourth-order valence-corrected chi connectivity index (χ4v) is 20.1. The van der Waals surface area contributed by atoms with Crippen molar-refractivity contribution in [3.8, 4) is 108 Å². The zero-order valence-corrected chi connectivity index (χ0v) is 72.4. The van der Waals surface area contributed by atoms with E-state index in [-0.39, 0.29) is 0 Å². The molecule has 626 valence electrons. The maximum absolute atomic E-state index is 9.45. The van der Waals surface area contributed by atoms with Crippen molar-refractivity contribution in [3.05, 3.63) is 479 Å². The second-order valence-corrected chi connectivity index (χ2v) is 33.7. The Kier molecular flexibility index (Phi) is 19.0. The standard InChI is InChI=1S/C46H30N4.C45H29N5.C31H19N3/c1-4-14-31(15-5-1)40-30-41(48-46(47-40)32-16-6-2-7-17-32)33-24-26-44-38(28-33)36-20-10-13-23-43(36)50(44)35-25-27-45-39(29-35)37-21-11-12-22-42(37)49(45)34-18-8-3-9-19-34;1-4-15-30(16-5-1)43-46-44(31-17-6-2-7-18-31)48-45(47-43)36-23-14-26-41-42(36)35-22-11-13-25-39(35)50(41)33-27-28-40-37(29-33)34-21-10-12-24-38(34)49(40)32-19-8-3-9-20-32;32-20-21-14-16-30-26(18-21)24-10-4-7-13-29(24)34(30)23-15-17-31-27(19-23)25-11-5-6-12-28(25)33(31)22-8-2-1-3-9-22/h1-30H;1-29H;1-19H. The fraction of sp³-hybridized carbons (Fsp3) is 0. The second-order valence-electron chi connectivity index (χ2n) is 33.7. The predicted octanol–water partition coefficient (Wildman–Crippen LogP) is 30.5. The Labute approximate surface area is 770 Å². The van der Waals surface area contributed by atoms with Crippen molar-refractivity contribution in [3.63, 3.8) is 0 Å². The number of hydrogen-bond donors (Lipinski definition) is 0. The summed E-state index contributed by atoms with van der Waals surface area (Å²) in [5.74, 6) is 2.66. The summed E-state index contributed by atoms with van der Waals surface area (Å²) >= 11 is 0. The lowest BCUT2D eigenvalue weighted by Crippen LogP contribution is -2.00. The van der Waals surface area contributed by atoms with Crippen molar-refractivity contribution >= 4 is 131 Å². The van der Waals surface area contributed by atoms with Gasteiger partial charge in [-0.15, -0.1) is 0 Å². The highest BCUT2D eigenvalue weighted by Crippen LogP contribution is 2.45. The molecule has 0 unspecified atom stereocenters. The molecule has 0 aliphatic carbocycles. The van der Waals surface area contributed by atoms with Crippen molar-refractivity contribution in [2.45, 2.75) is 0 Å². The summed E-state index contributed by atoms with van der Waals surface area (Å²) in [5, 5.41) is 23.7. The lowest BCUT2D eigenvalue weighted by atomic mass is 10.0. The van der Waals surface area contributed by atoms with Gasteiger partial charge in [-0.1, -0.05) is 303 Å². The quantitative estimate of drug-likeness (QED) is 0.120. The number of nitriles is 1. The van der Waals surface area contributed by atoms with E-state index in [1.807, 2.05) is 97.1 Å². The molecule has 8 heterocycles.